The van der Waals surface area contributed by atoms with E-state index in [1.807, 2.05) is 0 Å². The van der Waals surface area contributed by atoms with E-state index in [2.05, 4.69) is 31.1 Å². The topological polar surface area (TPSA) is 91.8 Å². The van der Waals surface area contributed by atoms with Crippen molar-refractivity contribution in [2.24, 2.45) is 0 Å². The lowest BCUT2D eigenvalue weighted by Gasteiger charge is -2.05. The zero-order valence-corrected chi connectivity index (χ0v) is 8.38. The van der Waals surface area contributed by atoms with Crippen LogP contribution in [-0.4, -0.2) is 27.9 Å². The van der Waals surface area contributed by atoms with Gasteiger partial charge in [0.15, 0.2) is 0 Å². The Morgan fingerprint density at radius 1 is 1.29 bits per heavy atom. The number of anilines is 2. The molecule has 7 nitrogen and oxygen atoms in total. The van der Waals surface area contributed by atoms with E-state index >= 15 is 0 Å². The van der Waals surface area contributed by atoms with Gasteiger partial charge in [-0.25, -0.2) is 0 Å². The number of carbonyl (C=O) groups is 1. The number of amides is 1. The van der Waals surface area contributed by atoms with Crippen LogP contribution in [0, 0.1) is 0 Å². The first-order chi connectivity index (χ1) is 6.61. The van der Waals surface area contributed by atoms with Crippen molar-refractivity contribution in [3.05, 3.63) is 5.28 Å². The van der Waals surface area contributed by atoms with Crippen LogP contribution in [-0.2, 0) is 4.79 Å². The lowest BCUT2D eigenvalue weighted by molar-refractivity contribution is -0.118. The molecule has 0 spiro atoms. The molecule has 1 amide bonds. The Morgan fingerprint density at radius 3 is 2.50 bits per heavy atom. The summed E-state index contributed by atoms with van der Waals surface area (Å²) in [6.45, 7) is 1.36. The summed E-state index contributed by atoms with van der Waals surface area (Å²) < 4.78 is 0. The third-order valence-electron chi connectivity index (χ3n) is 1.18. The van der Waals surface area contributed by atoms with Crippen molar-refractivity contribution in [1.82, 2.24) is 20.4 Å². The molecule has 0 bridgehead atoms. The minimum Gasteiger partial charge on any atom is -0.357 e. The number of nitrogens with zero attached hydrogens (tertiary/aromatic N) is 3. The highest BCUT2D eigenvalue weighted by Crippen LogP contribution is 2.07. The normalized spacial score (nSPS) is 9.36. The second kappa shape index (κ2) is 4.56. The number of hydrazine groups is 1. The van der Waals surface area contributed by atoms with Crippen molar-refractivity contribution in [3.8, 4) is 0 Å². The van der Waals surface area contributed by atoms with Gasteiger partial charge in [-0.1, -0.05) is 0 Å². The van der Waals surface area contributed by atoms with Crippen LogP contribution in [0.15, 0.2) is 0 Å². The highest BCUT2D eigenvalue weighted by Gasteiger charge is 2.02. The van der Waals surface area contributed by atoms with Crippen LogP contribution in [0.1, 0.15) is 6.92 Å². The second-order valence-corrected chi connectivity index (χ2v) is 2.65. The number of aromatic nitrogens is 3. The van der Waals surface area contributed by atoms with Crippen molar-refractivity contribution < 1.29 is 4.79 Å². The molecule has 1 aromatic rings. The number of halogens is 1. The molecule has 0 saturated heterocycles. The van der Waals surface area contributed by atoms with Gasteiger partial charge in [0.25, 0.3) is 0 Å². The molecule has 0 aliphatic heterocycles. The number of hydrogen-bond acceptors (Lipinski definition) is 6. The van der Waals surface area contributed by atoms with Crippen molar-refractivity contribution in [2.45, 2.75) is 6.92 Å². The first-order valence-electron chi connectivity index (χ1n) is 3.73. The fraction of sp³-hybridized carbons (Fsp3) is 0.333. The van der Waals surface area contributed by atoms with Crippen molar-refractivity contribution in [3.63, 3.8) is 0 Å². The standard InChI is InChI=1S/C6H9ClN6O/c1-3(14)12-13-6-10-4(7)9-5(8-2)11-6/h1-2H3,(H,12,14)(H2,8,9,10,11,13). The zero-order valence-electron chi connectivity index (χ0n) is 7.63. The number of nitrogens with one attached hydrogen (secondary N) is 3. The van der Waals surface area contributed by atoms with Crippen LogP contribution in [0.3, 0.4) is 0 Å². The third kappa shape index (κ3) is 3.02. The zero-order chi connectivity index (χ0) is 10.6. The molecule has 0 aliphatic rings. The quantitative estimate of drug-likeness (QED) is 0.618. The van der Waals surface area contributed by atoms with Crippen molar-refractivity contribution >= 4 is 29.4 Å². The van der Waals surface area contributed by atoms with Crippen molar-refractivity contribution in [2.75, 3.05) is 17.8 Å². The maximum Gasteiger partial charge on any atom is 0.247 e. The molecule has 1 heterocycles. The molecule has 3 N–H and O–H groups in total. The van der Waals surface area contributed by atoms with Crippen molar-refractivity contribution in [1.29, 1.82) is 0 Å². The van der Waals surface area contributed by atoms with Crippen LogP contribution in [0.5, 0.6) is 0 Å². The van der Waals surface area contributed by atoms with E-state index in [0.29, 0.717) is 5.95 Å². The fourth-order valence-electron chi connectivity index (χ4n) is 0.662. The molecule has 0 aliphatic carbocycles. The minimum atomic E-state index is -0.257. The Hall–Kier alpha value is -1.63. The minimum absolute atomic E-state index is 0.0391. The summed E-state index contributed by atoms with van der Waals surface area (Å²) in [7, 11) is 1.65. The molecule has 1 rings (SSSR count). The summed E-state index contributed by atoms with van der Waals surface area (Å²) >= 11 is 5.59. The number of hydrogen-bond donors (Lipinski definition) is 3. The molecule has 0 unspecified atom stereocenters. The Morgan fingerprint density at radius 2 is 1.93 bits per heavy atom. The van der Waals surface area contributed by atoms with Gasteiger partial charge in [0.2, 0.25) is 23.1 Å². The summed E-state index contributed by atoms with van der Waals surface area (Å²) in [5, 5.41) is 2.74. The molecule has 0 atom stereocenters. The molecular weight excluding hydrogens is 208 g/mol. The summed E-state index contributed by atoms with van der Waals surface area (Å²) in [5.41, 5.74) is 4.79. The van der Waals surface area contributed by atoms with Crippen LogP contribution < -0.4 is 16.2 Å². The van der Waals surface area contributed by atoms with Crippen LogP contribution in [0.2, 0.25) is 5.28 Å². The highest BCUT2D eigenvalue weighted by atomic mass is 35.5. The molecular formula is C6H9ClN6O. The number of rotatable bonds is 3. The Balaban J connectivity index is 2.76. The summed E-state index contributed by atoms with van der Waals surface area (Å²) in [4.78, 5) is 21.9. The van der Waals surface area contributed by atoms with Crippen LogP contribution >= 0.6 is 11.6 Å². The average Bonchev–Trinajstić information content (AvgIpc) is 2.14. The molecule has 8 heteroatoms. The van der Waals surface area contributed by atoms with Gasteiger partial charge in [-0.3, -0.25) is 15.6 Å². The molecule has 76 valence electrons. The summed E-state index contributed by atoms with van der Waals surface area (Å²) in [6, 6.07) is 0. The van der Waals surface area contributed by atoms with Crippen LogP contribution in [0.4, 0.5) is 11.9 Å². The fourth-order valence-corrected chi connectivity index (χ4v) is 0.822. The van der Waals surface area contributed by atoms with Gasteiger partial charge < -0.3 is 5.32 Å². The summed E-state index contributed by atoms with van der Waals surface area (Å²) in [5.74, 6) is 0.231. The largest absolute Gasteiger partial charge is 0.357 e. The Bertz CT molecular complexity index is 343. The lowest BCUT2D eigenvalue weighted by atomic mass is 10.7. The van der Waals surface area contributed by atoms with Gasteiger partial charge in [0.05, 0.1) is 0 Å². The smallest absolute Gasteiger partial charge is 0.247 e. The molecule has 0 saturated carbocycles. The Labute approximate surface area is 85.3 Å². The maximum atomic E-state index is 10.6. The van der Waals surface area contributed by atoms with E-state index in [4.69, 9.17) is 11.6 Å². The van der Waals surface area contributed by atoms with E-state index in [-0.39, 0.29) is 17.1 Å². The molecule has 0 aromatic carbocycles. The SMILES string of the molecule is CNc1nc(Cl)nc(NNC(C)=O)n1. The molecule has 14 heavy (non-hydrogen) atoms. The van der Waals surface area contributed by atoms with Gasteiger partial charge in [0, 0.05) is 14.0 Å². The first-order valence-corrected chi connectivity index (χ1v) is 4.11. The Kier molecular flexibility index (Phi) is 3.41. The monoisotopic (exact) mass is 216 g/mol. The van der Waals surface area contributed by atoms with Crippen LogP contribution in [0.25, 0.3) is 0 Å². The van der Waals surface area contributed by atoms with Gasteiger partial charge in [0.1, 0.15) is 0 Å². The summed E-state index contributed by atoms with van der Waals surface area (Å²) in [6.07, 6.45) is 0. The molecule has 0 fully saturated rings. The average molecular weight is 217 g/mol. The van der Waals surface area contributed by atoms with Gasteiger partial charge >= 0.3 is 0 Å². The van der Waals surface area contributed by atoms with Gasteiger partial charge in [-0.2, -0.15) is 15.0 Å². The van der Waals surface area contributed by atoms with E-state index < -0.39 is 0 Å². The maximum absolute atomic E-state index is 10.6. The lowest BCUT2D eigenvalue weighted by Crippen LogP contribution is -2.28. The van der Waals surface area contributed by atoms with E-state index in [9.17, 15) is 4.79 Å². The molecule has 0 radical (unpaired) electrons. The van der Waals surface area contributed by atoms with Gasteiger partial charge in [-0.15, -0.1) is 0 Å². The molecule has 1 aromatic heterocycles. The number of carbonyl (C=O) groups excluding carboxylic acids is 1. The predicted molar refractivity (Wildman–Crippen MR) is 51.8 cm³/mol. The predicted octanol–water partition coefficient (Wildman–Crippen LogP) is 0.0297. The third-order valence-corrected chi connectivity index (χ3v) is 1.35. The second-order valence-electron chi connectivity index (χ2n) is 2.31. The van der Waals surface area contributed by atoms with E-state index in [0.717, 1.165) is 0 Å². The van der Waals surface area contributed by atoms with E-state index in [1.165, 1.54) is 6.92 Å². The van der Waals surface area contributed by atoms with E-state index in [1.54, 1.807) is 7.05 Å². The first kappa shape index (κ1) is 10.5. The van der Waals surface area contributed by atoms with Gasteiger partial charge in [-0.05, 0) is 11.6 Å². The highest BCUT2D eigenvalue weighted by molar-refractivity contribution is 6.28.